The summed E-state index contributed by atoms with van der Waals surface area (Å²) in [5.74, 6) is -4.39. The molecule has 2 aromatic heterocycles. The third-order valence-corrected chi connectivity index (χ3v) is 27.2. The number of carbonyl (C=O) groups excluding carboxylic acids is 11. The van der Waals surface area contributed by atoms with Crippen LogP contribution in [0.4, 0.5) is 5.82 Å². The van der Waals surface area contributed by atoms with Gasteiger partial charge in [0.15, 0.2) is 30.3 Å². The number of unbranched alkanes of at least 4 members (excludes halogenated alkanes) is 8. The van der Waals surface area contributed by atoms with Crippen LogP contribution in [0.15, 0.2) is 12.7 Å². The van der Waals surface area contributed by atoms with Crippen LogP contribution in [0.5, 0.6) is 0 Å². The summed E-state index contributed by atoms with van der Waals surface area (Å²) < 4.78 is 103. The van der Waals surface area contributed by atoms with Gasteiger partial charge in [0.2, 0.25) is 65.0 Å². The number of nitrogens with two attached hydrogens (primary N) is 1. The molecule has 828 valence electrons. The van der Waals surface area contributed by atoms with Crippen LogP contribution in [0, 0.1) is 0 Å². The van der Waals surface area contributed by atoms with Crippen molar-refractivity contribution in [1.82, 2.24) is 77.6 Å². The van der Waals surface area contributed by atoms with Crippen molar-refractivity contribution in [2.24, 2.45) is 0 Å². The second-order valence-electron chi connectivity index (χ2n) is 36.7. The minimum atomic E-state index is -4.99. The number of phosphoric ester groups is 1. The predicted molar refractivity (Wildman–Crippen MR) is 507 cm³/mol. The number of ether oxygens (including phenoxy) is 10. The first-order valence-electron chi connectivity index (χ1n) is 49.5. The lowest BCUT2D eigenvalue weighted by Crippen LogP contribution is -2.64. The maximum absolute atomic E-state index is 14.3. The number of hydrogen-bond donors (Lipinski definition) is 23. The molecule has 5 fully saturated rings. The van der Waals surface area contributed by atoms with Crippen molar-refractivity contribution in [3.8, 4) is 0 Å². The maximum Gasteiger partial charge on any atom is 0.472 e. The minimum Gasteiger partial charge on any atom is -0.394 e. The van der Waals surface area contributed by atoms with Gasteiger partial charge in [-0.2, -0.15) is 0 Å². The normalized spacial score (nSPS) is 26.0. The molecule has 7 rings (SSSR count). The van der Waals surface area contributed by atoms with Gasteiger partial charge >= 0.3 is 15.4 Å². The van der Waals surface area contributed by atoms with E-state index in [1.165, 1.54) is 56.7 Å². The number of imidazole rings is 1. The van der Waals surface area contributed by atoms with Crippen molar-refractivity contribution in [2.45, 2.75) is 329 Å². The van der Waals surface area contributed by atoms with Gasteiger partial charge in [-0.3, -0.25) is 70.9 Å². The maximum atomic E-state index is 14.3. The largest absolute Gasteiger partial charge is 0.472 e. The molecule has 5 aliphatic heterocycles. The van der Waals surface area contributed by atoms with E-state index in [2.05, 4.69) is 68.1 Å². The van der Waals surface area contributed by atoms with Crippen molar-refractivity contribution in [2.75, 3.05) is 144 Å². The zero-order valence-electron chi connectivity index (χ0n) is 83.0. The molecule has 0 saturated carbocycles. The first-order valence-corrected chi connectivity index (χ1v) is 52.7. The number of anilines is 1. The summed E-state index contributed by atoms with van der Waals surface area (Å²) in [6.45, 7) is 3.30. The standard InChI is InChI=1S/C89H154N16O38P2/c1-54(2)144(127,128)137-48-64-60(42-73(139-64)105-53-99-77-84(90)97-52-98-85(77)105)143-145(129,130)138-47-58-41-59(112)43-104(58)72(120)25-11-9-7-6-8-10-24-71(119)103-89(49-131-38-26-68(116)94-32-18-29-91-65(113)21-12-15-35-134-86-74(100-55(3)109)81(124)78(121)61(44-106)140-86,50-132-39-27-69(117)95-33-19-30-92-66(114)22-13-16-36-135-87-75(101-56(4)110)82(125)79(122)62(45-107)141-87)51-133-40-28-70(118)96-34-20-31-93-67(115)23-14-17-37-136-88-76(102-57(5)111)83(126)80(123)63(46-108)142-88/h52-54,58-64,73-76,78-83,86-88,106-108,112,121-126H,6-51H2,1-5H3,(H,91,113)(H,92,114)(H,93,115)(H,94,116)(H,95,117)(H,96,118)(H,100,109)(H,101,110)(H,102,111)(H,103,119)(H,127,128)(H,129,130)(H2,90,97,98)/t58-,59+,60-,61?,62?,63?,64+,73+,74?,75?,76?,78-,79-,80-,81+,82+,83+,86+,87+,88+,89?/m0/s1. The summed E-state index contributed by atoms with van der Waals surface area (Å²) >= 11 is 0. The molecule has 22 atom stereocenters. The Morgan fingerprint density at radius 3 is 1.23 bits per heavy atom. The molecule has 5 aliphatic rings. The van der Waals surface area contributed by atoms with Gasteiger partial charge in [-0.05, 0) is 77.0 Å². The number of phosphoric acid groups is 1. The highest BCUT2D eigenvalue weighted by molar-refractivity contribution is 7.53. The van der Waals surface area contributed by atoms with Gasteiger partial charge in [-0.1, -0.05) is 39.5 Å². The van der Waals surface area contributed by atoms with Gasteiger partial charge in [0, 0.05) is 144 Å². The van der Waals surface area contributed by atoms with E-state index >= 15 is 0 Å². The van der Waals surface area contributed by atoms with Crippen LogP contribution < -0.4 is 58.9 Å². The fourth-order valence-electron chi connectivity index (χ4n) is 16.3. The van der Waals surface area contributed by atoms with Crippen molar-refractivity contribution >= 4 is 97.4 Å². The van der Waals surface area contributed by atoms with Gasteiger partial charge in [0.25, 0.3) is 0 Å². The number of amides is 11. The summed E-state index contributed by atoms with van der Waals surface area (Å²) in [5.41, 5.74) is 4.20. The lowest BCUT2D eigenvalue weighted by molar-refractivity contribution is -0.270. The summed E-state index contributed by atoms with van der Waals surface area (Å²) in [4.78, 5) is 177. The quantitative estimate of drug-likeness (QED) is 0.0218. The molecule has 56 heteroatoms. The number of aliphatic hydroxyl groups is 10. The molecule has 24 N–H and O–H groups in total. The highest BCUT2D eigenvalue weighted by Gasteiger charge is 2.50. The lowest BCUT2D eigenvalue weighted by Gasteiger charge is -2.42. The third kappa shape index (κ3) is 43.8. The Kier molecular flexibility index (Phi) is 55.7. The van der Waals surface area contributed by atoms with Crippen LogP contribution in [0.1, 0.15) is 201 Å². The summed E-state index contributed by atoms with van der Waals surface area (Å²) in [6, 6.07) is -4.20. The van der Waals surface area contributed by atoms with Crippen molar-refractivity contribution in [3.05, 3.63) is 12.7 Å². The number of likely N-dealkylation sites (tertiary alicyclic amines) is 1. The van der Waals surface area contributed by atoms with E-state index < -0.39 is 224 Å². The van der Waals surface area contributed by atoms with Crippen molar-refractivity contribution in [3.63, 3.8) is 0 Å². The highest BCUT2D eigenvalue weighted by Crippen LogP contribution is 2.52. The van der Waals surface area contributed by atoms with Gasteiger partial charge in [0.05, 0.1) is 96.8 Å². The van der Waals surface area contributed by atoms with Gasteiger partial charge < -0.3 is 177 Å². The molecule has 11 amide bonds. The first-order chi connectivity index (χ1) is 69.2. The first kappa shape index (κ1) is 124. The van der Waals surface area contributed by atoms with Gasteiger partial charge in [-0.25, -0.2) is 19.5 Å². The molecule has 5 saturated heterocycles. The summed E-state index contributed by atoms with van der Waals surface area (Å²) in [5, 5.41) is 129. The lowest BCUT2D eigenvalue weighted by atomic mass is 9.97. The average molecular weight is 2120 g/mol. The monoisotopic (exact) mass is 2120 g/mol. The number of β-amino-alcohol motifs (C(OH)–C–C–N with tert-alkyl or cyclic N) is 1. The van der Waals surface area contributed by atoms with E-state index in [0.29, 0.717) is 96.3 Å². The van der Waals surface area contributed by atoms with Gasteiger partial charge in [-0.15, -0.1) is 0 Å². The number of aromatic nitrogens is 4. The van der Waals surface area contributed by atoms with E-state index in [-0.39, 0.29) is 210 Å². The zero-order valence-corrected chi connectivity index (χ0v) is 84.8. The molecule has 0 aromatic carbocycles. The summed E-state index contributed by atoms with van der Waals surface area (Å²) in [6.07, 6.45) is -11.6. The van der Waals surface area contributed by atoms with E-state index in [0.717, 1.165) is 0 Å². The fraction of sp³-hybridized carbons (Fsp3) is 0.820. The zero-order chi connectivity index (χ0) is 106. The molecule has 2 aromatic rings. The molecule has 0 aliphatic carbocycles. The van der Waals surface area contributed by atoms with Crippen LogP contribution >= 0.6 is 15.4 Å². The average Bonchev–Trinajstić information content (AvgIpc) is 1.57. The predicted octanol–water partition coefficient (Wildman–Crippen LogP) is -4.77. The van der Waals surface area contributed by atoms with E-state index in [1.807, 2.05) is 0 Å². The molecule has 145 heavy (non-hydrogen) atoms. The molecule has 0 radical (unpaired) electrons. The van der Waals surface area contributed by atoms with Crippen LogP contribution in [0.3, 0.4) is 0 Å². The van der Waals surface area contributed by atoms with E-state index in [9.17, 15) is 123 Å². The number of hydrogen-bond acceptors (Lipinski definition) is 40. The smallest absolute Gasteiger partial charge is 0.394 e. The Bertz CT molecular complexity index is 4150. The number of nitrogen functional groups attached to an aromatic ring is 1. The fourth-order valence-corrected chi connectivity index (χ4v) is 18.0. The number of nitrogens with one attached hydrogen (secondary N) is 10. The number of carbonyl (C=O) groups is 11. The van der Waals surface area contributed by atoms with E-state index in [1.54, 1.807) is 0 Å². The Morgan fingerprint density at radius 1 is 0.455 bits per heavy atom. The molecule has 7 heterocycles. The second-order valence-corrected chi connectivity index (χ2v) is 40.5. The van der Waals surface area contributed by atoms with Crippen molar-refractivity contribution in [1.29, 1.82) is 0 Å². The van der Waals surface area contributed by atoms with Crippen LogP contribution in [0.25, 0.3) is 11.2 Å². The Hall–Kier alpha value is -8.02. The Labute approximate surface area is 840 Å². The van der Waals surface area contributed by atoms with Crippen LogP contribution in [-0.4, -0.2) is 416 Å². The van der Waals surface area contributed by atoms with Crippen LogP contribution in [0.2, 0.25) is 0 Å². The molecule has 54 nitrogen and oxygen atoms in total. The number of nitrogens with zero attached hydrogens (tertiary/aromatic N) is 5. The molecular formula is C89H154N16O38P2. The van der Waals surface area contributed by atoms with Crippen LogP contribution in [-0.2, 0) is 123 Å². The van der Waals surface area contributed by atoms with Crippen molar-refractivity contribution < 1.29 is 184 Å². The summed E-state index contributed by atoms with van der Waals surface area (Å²) in [7, 11) is -9.16. The molecule has 8 unspecified atom stereocenters. The number of aliphatic hydroxyl groups excluding tert-OH is 10. The molecule has 0 spiro atoms. The molecule has 0 bridgehead atoms. The highest BCUT2D eigenvalue weighted by atomic mass is 31.2. The SMILES string of the molecule is CC(=O)NC1[C@H](OCCCCC(=O)NCCCNC(=O)CCOCC(COCCC(=O)NCCCNC(=O)CCCCO[C@@H]2OC(CO)[C@H](O)[C@H](O)C2NC(C)=O)(COCCC(=O)NCCCNC(=O)CCCCO[C@@H]2OC(CO)[C@H](O)[C@H](O)C2NC(C)=O)NC(=O)CCCCCCCCC(=O)N2C[C@H](O)C[C@H]2COP(=O)(O)O[C@H]2C[C@H](n3cnc4c(N)ncnc43)O[C@@H]2COP(=O)(O)C(C)C)OC(CO)[C@H](O)[C@@H]1O. The van der Waals surface area contributed by atoms with E-state index in [4.69, 9.17) is 66.7 Å². The second kappa shape index (κ2) is 65.2. The topological polar surface area (TPSA) is 778 Å². The number of rotatable bonds is 71. The Morgan fingerprint density at radius 2 is 0.834 bits per heavy atom. The minimum absolute atomic E-state index is 0.0191. The molecular weight excluding hydrogens is 1960 g/mol. The number of fused-ring (bicyclic) bond motifs is 1. The van der Waals surface area contributed by atoms with Gasteiger partial charge in [0.1, 0.15) is 109 Å². The third-order valence-electron chi connectivity index (χ3n) is 24.4. The Balaban J connectivity index is 0.908.